The number of hydrogen-bond donors (Lipinski definition) is 2. The number of aromatic nitrogens is 2. The van der Waals surface area contributed by atoms with Gasteiger partial charge < -0.3 is 20.1 Å². The number of nitrogens with one attached hydrogen (secondary N) is 2. The predicted molar refractivity (Wildman–Crippen MR) is 117 cm³/mol. The lowest BCUT2D eigenvalue weighted by Gasteiger charge is -2.18. The normalized spacial score (nSPS) is 12.3. The molecule has 0 aliphatic carbocycles. The lowest BCUT2D eigenvalue weighted by Crippen LogP contribution is -2.17. The van der Waals surface area contributed by atoms with Crippen molar-refractivity contribution in [2.75, 3.05) is 29.6 Å². The van der Waals surface area contributed by atoms with Crippen LogP contribution in [0.25, 0.3) is 0 Å². The zero-order valence-corrected chi connectivity index (χ0v) is 17.4. The van der Waals surface area contributed by atoms with Gasteiger partial charge in [-0.25, -0.2) is 0 Å². The summed E-state index contributed by atoms with van der Waals surface area (Å²) in [6.07, 6.45) is 0. The van der Waals surface area contributed by atoms with E-state index in [1.165, 1.54) is 22.9 Å². The number of fused-ring (bicyclic) bond motifs is 1. The van der Waals surface area contributed by atoms with E-state index in [0.29, 0.717) is 47.8 Å². The lowest BCUT2D eigenvalue weighted by molar-refractivity contribution is -0.113. The topological polar surface area (TPSA) is 85.4 Å². The molecular weight excluding hydrogens is 400 g/mol. The second-order valence-corrected chi connectivity index (χ2v) is 7.79. The molecule has 2 N–H and O–H groups in total. The van der Waals surface area contributed by atoms with Gasteiger partial charge in [0.05, 0.1) is 5.75 Å². The van der Waals surface area contributed by atoms with Gasteiger partial charge in [-0.1, -0.05) is 41.6 Å². The van der Waals surface area contributed by atoms with Gasteiger partial charge in [-0.15, -0.1) is 10.2 Å². The van der Waals surface area contributed by atoms with Gasteiger partial charge in [-0.05, 0) is 36.8 Å². The van der Waals surface area contributed by atoms with Gasteiger partial charge in [0.15, 0.2) is 11.5 Å². The Balaban J connectivity index is 1.24. The van der Waals surface area contributed by atoms with E-state index in [1.807, 2.05) is 12.1 Å². The van der Waals surface area contributed by atoms with Crippen LogP contribution < -0.4 is 20.1 Å². The molecule has 0 radical (unpaired) electrons. The van der Waals surface area contributed by atoms with Crippen LogP contribution in [0, 0.1) is 6.92 Å². The molecule has 3 aromatic rings. The van der Waals surface area contributed by atoms with Crippen LogP contribution in [0.3, 0.4) is 0 Å². The standard InChI is InChI=1S/C22H22N4O3S/c1-15-2-4-16(5-3-15)13-23-20-8-9-22(26-25-20)30-14-21(27)24-17-6-7-18-19(12-17)29-11-10-28-18/h2-9,12H,10-11,13-14H2,1H3,(H,23,25)(H,24,27). The highest BCUT2D eigenvalue weighted by molar-refractivity contribution is 7.99. The summed E-state index contributed by atoms with van der Waals surface area (Å²) in [5, 5.41) is 15.1. The van der Waals surface area contributed by atoms with Crippen molar-refractivity contribution in [2.45, 2.75) is 18.5 Å². The van der Waals surface area contributed by atoms with Crippen LogP contribution in [0.4, 0.5) is 11.5 Å². The van der Waals surface area contributed by atoms with Crippen molar-refractivity contribution in [3.63, 3.8) is 0 Å². The van der Waals surface area contributed by atoms with E-state index in [1.54, 1.807) is 18.2 Å². The molecule has 1 amide bonds. The summed E-state index contributed by atoms with van der Waals surface area (Å²) in [6, 6.07) is 17.4. The maximum absolute atomic E-state index is 12.2. The number of aryl methyl sites for hydroxylation is 1. The molecule has 1 aliphatic rings. The Morgan fingerprint density at radius 3 is 2.57 bits per heavy atom. The van der Waals surface area contributed by atoms with Gasteiger partial charge in [0, 0.05) is 18.3 Å². The molecule has 0 saturated carbocycles. The molecule has 8 heteroatoms. The average molecular weight is 423 g/mol. The van der Waals surface area contributed by atoms with Gasteiger partial charge in [-0.2, -0.15) is 0 Å². The summed E-state index contributed by atoms with van der Waals surface area (Å²) in [4.78, 5) is 12.2. The van der Waals surface area contributed by atoms with Crippen molar-refractivity contribution in [1.82, 2.24) is 10.2 Å². The van der Waals surface area contributed by atoms with Crippen LogP contribution in [0.2, 0.25) is 0 Å². The van der Waals surface area contributed by atoms with Crippen molar-refractivity contribution in [3.05, 3.63) is 65.7 Å². The highest BCUT2D eigenvalue weighted by Gasteiger charge is 2.13. The predicted octanol–water partition coefficient (Wildman–Crippen LogP) is 3.90. The van der Waals surface area contributed by atoms with Gasteiger partial charge in [0.25, 0.3) is 0 Å². The molecule has 0 spiro atoms. The van der Waals surface area contributed by atoms with Crippen LogP contribution in [0.1, 0.15) is 11.1 Å². The molecule has 4 rings (SSSR count). The SMILES string of the molecule is Cc1ccc(CNc2ccc(SCC(=O)Nc3ccc4c(c3)OCCO4)nn2)cc1. The van der Waals surface area contributed by atoms with E-state index in [2.05, 4.69) is 52.0 Å². The van der Waals surface area contributed by atoms with E-state index in [-0.39, 0.29) is 11.7 Å². The van der Waals surface area contributed by atoms with Crippen LogP contribution in [0.5, 0.6) is 11.5 Å². The van der Waals surface area contributed by atoms with Crippen LogP contribution >= 0.6 is 11.8 Å². The summed E-state index contributed by atoms with van der Waals surface area (Å²) in [5.74, 6) is 2.14. The molecular formula is C22H22N4O3S. The van der Waals surface area contributed by atoms with E-state index in [4.69, 9.17) is 9.47 Å². The smallest absolute Gasteiger partial charge is 0.234 e. The van der Waals surface area contributed by atoms with Crippen LogP contribution in [0.15, 0.2) is 59.6 Å². The van der Waals surface area contributed by atoms with E-state index < -0.39 is 0 Å². The third-order valence-corrected chi connectivity index (χ3v) is 5.33. The van der Waals surface area contributed by atoms with E-state index in [9.17, 15) is 4.79 Å². The van der Waals surface area contributed by atoms with Crippen LogP contribution in [-0.2, 0) is 11.3 Å². The lowest BCUT2D eigenvalue weighted by atomic mass is 10.1. The molecule has 7 nitrogen and oxygen atoms in total. The Kier molecular flexibility index (Phi) is 6.34. The molecule has 0 saturated heterocycles. The first-order chi connectivity index (χ1) is 14.7. The van der Waals surface area contributed by atoms with Crippen molar-refractivity contribution in [2.24, 2.45) is 0 Å². The van der Waals surface area contributed by atoms with E-state index in [0.717, 1.165) is 0 Å². The fourth-order valence-electron chi connectivity index (χ4n) is 2.85. The molecule has 0 atom stereocenters. The molecule has 30 heavy (non-hydrogen) atoms. The van der Waals surface area contributed by atoms with Gasteiger partial charge in [-0.3, -0.25) is 4.79 Å². The number of benzene rings is 2. The number of nitrogens with zero attached hydrogens (tertiary/aromatic N) is 2. The number of rotatable bonds is 7. The summed E-state index contributed by atoms with van der Waals surface area (Å²) in [6.45, 7) is 3.79. The highest BCUT2D eigenvalue weighted by Crippen LogP contribution is 2.32. The van der Waals surface area contributed by atoms with Crippen molar-refractivity contribution in [1.29, 1.82) is 0 Å². The van der Waals surface area contributed by atoms with Gasteiger partial charge >= 0.3 is 0 Å². The van der Waals surface area contributed by atoms with Crippen LogP contribution in [-0.4, -0.2) is 35.1 Å². The zero-order valence-electron chi connectivity index (χ0n) is 16.6. The fourth-order valence-corrected chi connectivity index (χ4v) is 3.46. The number of thioether (sulfide) groups is 1. The monoisotopic (exact) mass is 422 g/mol. The largest absolute Gasteiger partial charge is 0.486 e. The first kappa shape index (κ1) is 20.0. The fraction of sp³-hybridized carbons (Fsp3) is 0.227. The number of hydrogen-bond acceptors (Lipinski definition) is 7. The Bertz CT molecular complexity index is 1010. The van der Waals surface area contributed by atoms with Gasteiger partial charge in [0.2, 0.25) is 5.91 Å². The number of amides is 1. The van der Waals surface area contributed by atoms with E-state index >= 15 is 0 Å². The summed E-state index contributed by atoms with van der Waals surface area (Å²) >= 11 is 1.33. The Labute approximate surface area is 179 Å². The molecule has 154 valence electrons. The maximum atomic E-state index is 12.2. The maximum Gasteiger partial charge on any atom is 0.234 e. The molecule has 0 fully saturated rings. The van der Waals surface area contributed by atoms with Crippen molar-refractivity contribution < 1.29 is 14.3 Å². The van der Waals surface area contributed by atoms with Gasteiger partial charge in [0.1, 0.15) is 24.1 Å². The third-order valence-electron chi connectivity index (χ3n) is 4.41. The Morgan fingerprint density at radius 2 is 1.80 bits per heavy atom. The number of carbonyl (C=O) groups excluding carboxylic acids is 1. The number of ether oxygens (including phenoxy) is 2. The quantitative estimate of drug-likeness (QED) is 0.559. The second-order valence-electron chi connectivity index (χ2n) is 6.79. The molecule has 1 aromatic heterocycles. The first-order valence-electron chi connectivity index (χ1n) is 9.61. The summed E-state index contributed by atoms with van der Waals surface area (Å²) in [5.41, 5.74) is 3.08. The molecule has 1 aliphatic heterocycles. The summed E-state index contributed by atoms with van der Waals surface area (Å²) in [7, 11) is 0. The minimum Gasteiger partial charge on any atom is -0.486 e. The minimum absolute atomic E-state index is 0.125. The first-order valence-corrected chi connectivity index (χ1v) is 10.6. The average Bonchev–Trinajstić information content (AvgIpc) is 2.78. The highest BCUT2D eigenvalue weighted by atomic mass is 32.2. The summed E-state index contributed by atoms with van der Waals surface area (Å²) < 4.78 is 11.0. The Morgan fingerprint density at radius 1 is 1.00 bits per heavy atom. The zero-order chi connectivity index (χ0) is 20.8. The molecule has 2 aromatic carbocycles. The molecule has 2 heterocycles. The molecule has 0 bridgehead atoms. The third kappa shape index (κ3) is 5.42. The molecule has 0 unspecified atom stereocenters. The number of anilines is 2. The van der Waals surface area contributed by atoms with Crippen molar-refractivity contribution in [3.8, 4) is 11.5 Å². The number of carbonyl (C=O) groups is 1. The second kappa shape index (κ2) is 9.49. The Hall–Kier alpha value is -3.26. The minimum atomic E-state index is -0.125. The van der Waals surface area contributed by atoms with Crippen molar-refractivity contribution >= 4 is 29.2 Å².